The standard InChI is InChI=1S/C22H22N4OS/c1-13-4-9-17-18(10-13)28-22-19(17)21(27)24-20(25-22)15(12-23)11-14-5-7-16(8-6-14)26(2)3/h5-8,11,13H,4,9-10H2,1-3H3,(H,24,25,27). The zero-order valence-electron chi connectivity index (χ0n) is 16.2. The Bertz CT molecular complexity index is 1160. The predicted octanol–water partition coefficient (Wildman–Crippen LogP) is 4.24. The fraction of sp³-hybridized carbons (Fsp3) is 0.318. The Hall–Kier alpha value is -2.91. The molecule has 0 fully saturated rings. The van der Waals surface area contributed by atoms with E-state index in [9.17, 15) is 10.1 Å². The van der Waals surface area contributed by atoms with Crippen LogP contribution in [0.4, 0.5) is 5.69 Å². The molecule has 1 aromatic carbocycles. The lowest BCUT2D eigenvalue weighted by Crippen LogP contribution is -2.14. The molecule has 0 saturated carbocycles. The lowest BCUT2D eigenvalue weighted by atomic mass is 9.89. The van der Waals surface area contributed by atoms with E-state index in [1.165, 1.54) is 4.88 Å². The van der Waals surface area contributed by atoms with Gasteiger partial charge in [-0.2, -0.15) is 5.26 Å². The van der Waals surface area contributed by atoms with E-state index in [4.69, 9.17) is 0 Å². The molecule has 0 amide bonds. The van der Waals surface area contributed by atoms with E-state index in [2.05, 4.69) is 23.0 Å². The lowest BCUT2D eigenvalue weighted by Gasteiger charge is -2.17. The zero-order valence-corrected chi connectivity index (χ0v) is 17.1. The van der Waals surface area contributed by atoms with Crippen LogP contribution in [0.2, 0.25) is 0 Å². The normalized spacial score (nSPS) is 16.6. The average molecular weight is 391 g/mol. The molecule has 142 valence electrons. The molecule has 0 aliphatic heterocycles. The maximum atomic E-state index is 12.8. The predicted molar refractivity (Wildman–Crippen MR) is 116 cm³/mol. The van der Waals surface area contributed by atoms with E-state index < -0.39 is 0 Å². The van der Waals surface area contributed by atoms with Crippen molar-refractivity contribution in [2.75, 3.05) is 19.0 Å². The number of anilines is 1. The summed E-state index contributed by atoms with van der Waals surface area (Å²) in [5.41, 5.74) is 3.35. The van der Waals surface area contributed by atoms with Crippen LogP contribution in [-0.2, 0) is 12.8 Å². The Balaban J connectivity index is 1.77. The highest BCUT2D eigenvalue weighted by molar-refractivity contribution is 7.18. The Kier molecular flexibility index (Phi) is 4.78. The quantitative estimate of drug-likeness (QED) is 0.679. The SMILES string of the molecule is CC1CCc2c(sc3nc(C(C#N)=Cc4ccc(N(C)C)cc4)[nH]c(=O)c23)C1. The first-order chi connectivity index (χ1) is 13.5. The number of allylic oxidation sites excluding steroid dienone is 1. The summed E-state index contributed by atoms with van der Waals surface area (Å²) in [4.78, 5) is 24.3. The van der Waals surface area contributed by atoms with Crippen molar-refractivity contribution < 1.29 is 0 Å². The van der Waals surface area contributed by atoms with E-state index >= 15 is 0 Å². The fourth-order valence-electron chi connectivity index (χ4n) is 3.67. The van der Waals surface area contributed by atoms with E-state index in [-0.39, 0.29) is 5.56 Å². The molecule has 1 aliphatic rings. The average Bonchev–Trinajstić information content (AvgIpc) is 3.04. The number of aryl methyl sites for hydroxylation is 1. The molecule has 1 atom stereocenters. The minimum Gasteiger partial charge on any atom is -0.378 e. The van der Waals surface area contributed by atoms with E-state index in [1.807, 2.05) is 43.3 Å². The molecule has 1 aliphatic carbocycles. The monoisotopic (exact) mass is 390 g/mol. The van der Waals surface area contributed by atoms with Gasteiger partial charge in [-0.1, -0.05) is 19.1 Å². The van der Waals surface area contributed by atoms with Crippen LogP contribution < -0.4 is 10.5 Å². The zero-order chi connectivity index (χ0) is 19.8. The second kappa shape index (κ2) is 7.25. The van der Waals surface area contributed by atoms with E-state index in [1.54, 1.807) is 17.4 Å². The maximum Gasteiger partial charge on any atom is 0.260 e. The third-order valence-corrected chi connectivity index (χ3v) is 6.41. The molecule has 2 aromatic heterocycles. The summed E-state index contributed by atoms with van der Waals surface area (Å²) >= 11 is 1.60. The van der Waals surface area contributed by atoms with Crippen molar-refractivity contribution in [2.24, 2.45) is 5.92 Å². The molecule has 0 bridgehead atoms. The van der Waals surface area contributed by atoms with Crippen molar-refractivity contribution >= 4 is 38.9 Å². The second-order valence-corrected chi connectivity index (χ2v) is 8.69. The highest BCUT2D eigenvalue weighted by atomic mass is 32.1. The third-order valence-electron chi connectivity index (χ3n) is 5.26. The molecule has 6 heteroatoms. The molecule has 0 radical (unpaired) electrons. The Morgan fingerprint density at radius 2 is 2.11 bits per heavy atom. The summed E-state index contributed by atoms with van der Waals surface area (Å²) in [5.74, 6) is 0.974. The summed E-state index contributed by atoms with van der Waals surface area (Å²) in [7, 11) is 3.97. The first-order valence-electron chi connectivity index (χ1n) is 9.40. The minimum absolute atomic E-state index is 0.142. The number of benzene rings is 1. The largest absolute Gasteiger partial charge is 0.378 e. The van der Waals surface area contributed by atoms with Gasteiger partial charge in [0.05, 0.1) is 11.0 Å². The molecule has 2 heterocycles. The Morgan fingerprint density at radius 3 is 2.79 bits per heavy atom. The fourth-order valence-corrected chi connectivity index (χ4v) is 5.05. The summed E-state index contributed by atoms with van der Waals surface area (Å²) in [6.07, 6.45) is 4.80. The highest BCUT2D eigenvalue weighted by Gasteiger charge is 2.23. The van der Waals surface area contributed by atoms with Gasteiger partial charge in [0.15, 0.2) is 5.82 Å². The van der Waals surface area contributed by atoms with Crippen LogP contribution >= 0.6 is 11.3 Å². The van der Waals surface area contributed by atoms with Gasteiger partial charge in [-0.05, 0) is 54.5 Å². The van der Waals surface area contributed by atoms with Crippen LogP contribution in [0.1, 0.15) is 35.2 Å². The number of nitriles is 1. The second-order valence-electron chi connectivity index (χ2n) is 7.60. The van der Waals surface area contributed by atoms with Gasteiger partial charge in [-0.25, -0.2) is 4.98 Å². The first-order valence-corrected chi connectivity index (χ1v) is 10.2. The van der Waals surface area contributed by atoms with Crippen molar-refractivity contribution in [1.82, 2.24) is 9.97 Å². The molecule has 28 heavy (non-hydrogen) atoms. The van der Waals surface area contributed by atoms with E-state index in [0.717, 1.165) is 40.9 Å². The molecule has 1 unspecified atom stereocenters. The number of nitrogens with one attached hydrogen (secondary N) is 1. The number of nitrogens with zero attached hydrogens (tertiary/aromatic N) is 3. The van der Waals surface area contributed by atoms with Crippen LogP contribution in [0.5, 0.6) is 0 Å². The van der Waals surface area contributed by atoms with Gasteiger partial charge in [0.25, 0.3) is 5.56 Å². The molecule has 4 rings (SSSR count). The van der Waals surface area contributed by atoms with Gasteiger partial charge in [-0.3, -0.25) is 4.79 Å². The van der Waals surface area contributed by atoms with Crippen molar-refractivity contribution in [3.8, 4) is 6.07 Å². The van der Waals surface area contributed by atoms with Gasteiger partial charge in [-0.15, -0.1) is 11.3 Å². The van der Waals surface area contributed by atoms with E-state index in [0.29, 0.717) is 22.7 Å². The molecule has 3 aromatic rings. The number of aromatic nitrogens is 2. The number of H-pyrrole nitrogens is 1. The van der Waals surface area contributed by atoms with Crippen molar-refractivity contribution in [2.45, 2.75) is 26.2 Å². The smallest absolute Gasteiger partial charge is 0.260 e. The molecular formula is C22H22N4OS. The summed E-state index contributed by atoms with van der Waals surface area (Å²) in [6.45, 7) is 2.24. The molecule has 1 N–H and O–H groups in total. The van der Waals surface area contributed by atoms with Gasteiger partial charge >= 0.3 is 0 Å². The summed E-state index contributed by atoms with van der Waals surface area (Å²) in [6, 6.07) is 10.1. The van der Waals surface area contributed by atoms with Crippen LogP contribution in [0.25, 0.3) is 21.9 Å². The van der Waals surface area contributed by atoms with Gasteiger partial charge in [0, 0.05) is 24.7 Å². The van der Waals surface area contributed by atoms with Gasteiger partial charge in [0.1, 0.15) is 10.9 Å². The number of thiophene rings is 1. The van der Waals surface area contributed by atoms with Crippen molar-refractivity contribution in [3.63, 3.8) is 0 Å². The van der Waals surface area contributed by atoms with Crippen molar-refractivity contribution in [1.29, 1.82) is 5.26 Å². The van der Waals surface area contributed by atoms with Crippen LogP contribution in [-0.4, -0.2) is 24.1 Å². The number of rotatable bonds is 3. The maximum absolute atomic E-state index is 12.8. The molecule has 5 nitrogen and oxygen atoms in total. The summed E-state index contributed by atoms with van der Waals surface area (Å²) in [5, 5.41) is 10.4. The lowest BCUT2D eigenvalue weighted by molar-refractivity contribution is 0.509. The Morgan fingerprint density at radius 1 is 1.36 bits per heavy atom. The highest BCUT2D eigenvalue weighted by Crippen LogP contribution is 2.36. The molecule has 0 spiro atoms. The van der Waals surface area contributed by atoms with Crippen molar-refractivity contribution in [3.05, 3.63) is 56.4 Å². The number of fused-ring (bicyclic) bond motifs is 3. The molecular weight excluding hydrogens is 368 g/mol. The van der Waals surface area contributed by atoms with Gasteiger partial charge < -0.3 is 9.88 Å². The number of hydrogen-bond acceptors (Lipinski definition) is 5. The molecule has 0 saturated heterocycles. The van der Waals surface area contributed by atoms with Gasteiger partial charge in [0.2, 0.25) is 0 Å². The topological polar surface area (TPSA) is 72.8 Å². The van der Waals surface area contributed by atoms with Crippen LogP contribution in [0.15, 0.2) is 29.1 Å². The first kappa shape index (κ1) is 18.5. The summed E-state index contributed by atoms with van der Waals surface area (Å²) < 4.78 is 0. The Labute approximate surface area is 168 Å². The number of aromatic amines is 1. The van der Waals surface area contributed by atoms with Crippen LogP contribution in [0.3, 0.4) is 0 Å². The number of hydrogen-bond donors (Lipinski definition) is 1. The third kappa shape index (κ3) is 3.34. The minimum atomic E-state index is -0.142. The van der Waals surface area contributed by atoms with Crippen LogP contribution in [0, 0.1) is 17.2 Å².